The van der Waals surface area contributed by atoms with Gasteiger partial charge in [0.25, 0.3) is 0 Å². The Bertz CT molecular complexity index is 657. The third-order valence-corrected chi connectivity index (χ3v) is 4.02. The van der Waals surface area contributed by atoms with Crippen molar-refractivity contribution in [2.24, 2.45) is 5.73 Å². The summed E-state index contributed by atoms with van der Waals surface area (Å²) in [4.78, 5) is 14.4. The van der Waals surface area contributed by atoms with Gasteiger partial charge in [-0.05, 0) is 35.4 Å². The number of hydrogen-bond acceptors (Lipinski definition) is 6. The highest BCUT2D eigenvalue weighted by Gasteiger charge is 2.29. The number of amides is 1. The summed E-state index contributed by atoms with van der Waals surface area (Å²) < 4.78 is 1.59. The van der Waals surface area contributed by atoms with Crippen LogP contribution in [0.4, 0.5) is 5.95 Å². The number of aromatic nitrogens is 4. The topological polar surface area (TPSA) is 102 Å². The average molecular weight is 315 g/mol. The second-order valence-electron chi connectivity index (χ2n) is 5.69. The van der Waals surface area contributed by atoms with Gasteiger partial charge in [0.1, 0.15) is 6.04 Å². The maximum absolute atomic E-state index is 12.6. The molecule has 3 N–H and O–H groups in total. The van der Waals surface area contributed by atoms with Crippen LogP contribution in [-0.4, -0.2) is 56.2 Å². The molecule has 1 aliphatic heterocycles. The number of carbonyl (C=O) groups is 1. The zero-order chi connectivity index (χ0) is 16.2. The van der Waals surface area contributed by atoms with Gasteiger partial charge in [0.2, 0.25) is 11.9 Å². The largest absolute Gasteiger partial charge is 0.341 e. The molecule has 1 amide bonds. The number of hydrogen-bond donors (Lipinski definition) is 2. The van der Waals surface area contributed by atoms with E-state index in [0.717, 1.165) is 12.1 Å². The highest BCUT2D eigenvalue weighted by Crippen LogP contribution is 2.15. The monoisotopic (exact) mass is 315 g/mol. The van der Waals surface area contributed by atoms with Gasteiger partial charge in [0, 0.05) is 19.1 Å². The van der Waals surface area contributed by atoms with Gasteiger partial charge in [0.15, 0.2) is 0 Å². The Morgan fingerprint density at radius 1 is 1.43 bits per heavy atom. The molecule has 0 aliphatic carbocycles. The van der Waals surface area contributed by atoms with Gasteiger partial charge in [0.05, 0.1) is 5.69 Å². The van der Waals surface area contributed by atoms with E-state index >= 15 is 0 Å². The fourth-order valence-electron chi connectivity index (χ4n) is 2.72. The highest BCUT2D eigenvalue weighted by molar-refractivity contribution is 5.84. The Hall–Kier alpha value is -2.48. The van der Waals surface area contributed by atoms with E-state index in [-0.39, 0.29) is 18.0 Å². The molecule has 2 heterocycles. The van der Waals surface area contributed by atoms with Crippen LogP contribution in [0.2, 0.25) is 0 Å². The zero-order valence-electron chi connectivity index (χ0n) is 13.1. The van der Waals surface area contributed by atoms with E-state index in [1.165, 1.54) is 0 Å². The Balaban J connectivity index is 1.75. The number of carbonyl (C=O) groups excluding carboxylic acids is 1. The van der Waals surface area contributed by atoms with Crippen molar-refractivity contribution in [2.45, 2.75) is 31.8 Å². The van der Waals surface area contributed by atoms with Crippen LogP contribution in [0.25, 0.3) is 5.69 Å². The first-order chi connectivity index (χ1) is 11.2. The SMILES string of the molecule is CCC(Nc1nnnn1-c1ccccc1)C(=O)N1CC[C@@H](N)C1. The number of nitrogens with two attached hydrogens (primary N) is 1. The third-order valence-electron chi connectivity index (χ3n) is 4.02. The Morgan fingerprint density at radius 2 is 2.22 bits per heavy atom. The summed E-state index contributed by atoms with van der Waals surface area (Å²) in [5, 5.41) is 14.9. The molecule has 2 aromatic rings. The van der Waals surface area contributed by atoms with E-state index in [0.29, 0.717) is 25.5 Å². The molecule has 23 heavy (non-hydrogen) atoms. The number of benzene rings is 1. The van der Waals surface area contributed by atoms with Crippen LogP contribution < -0.4 is 11.1 Å². The van der Waals surface area contributed by atoms with E-state index in [1.54, 1.807) is 4.68 Å². The molecule has 1 aliphatic rings. The molecule has 8 heteroatoms. The minimum atomic E-state index is -0.367. The number of rotatable bonds is 5. The van der Waals surface area contributed by atoms with E-state index in [4.69, 9.17) is 5.73 Å². The van der Waals surface area contributed by atoms with Crippen molar-refractivity contribution in [3.05, 3.63) is 30.3 Å². The van der Waals surface area contributed by atoms with Crippen molar-refractivity contribution in [3.8, 4) is 5.69 Å². The molecule has 122 valence electrons. The molecule has 0 spiro atoms. The van der Waals surface area contributed by atoms with Crippen molar-refractivity contribution in [1.29, 1.82) is 0 Å². The van der Waals surface area contributed by atoms with E-state index in [1.807, 2.05) is 42.2 Å². The second-order valence-corrected chi connectivity index (χ2v) is 5.69. The first-order valence-electron chi connectivity index (χ1n) is 7.83. The molecule has 0 saturated carbocycles. The average Bonchev–Trinajstić information content (AvgIpc) is 3.21. The predicted octanol–water partition coefficient (Wildman–Crippen LogP) is 0.412. The number of anilines is 1. The summed E-state index contributed by atoms with van der Waals surface area (Å²) in [7, 11) is 0. The van der Waals surface area contributed by atoms with Crippen molar-refractivity contribution in [2.75, 3.05) is 18.4 Å². The smallest absolute Gasteiger partial charge is 0.248 e. The van der Waals surface area contributed by atoms with Gasteiger partial charge in [-0.1, -0.05) is 30.2 Å². The maximum Gasteiger partial charge on any atom is 0.248 e. The zero-order valence-corrected chi connectivity index (χ0v) is 13.1. The van der Waals surface area contributed by atoms with E-state index in [9.17, 15) is 4.79 Å². The van der Waals surface area contributed by atoms with Gasteiger partial charge >= 0.3 is 0 Å². The second kappa shape index (κ2) is 6.74. The van der Waals surface area contributed by atoms with E-state index < -0.39 is 0 Å². The van der Waals surface area contributed by atoms with Crippen LogP contribution in [0.3, 0.4) is 0 Å². The number of nitrogens with one attached hydrogen (secondary N) is 1. The fraction of sp³-hybridized carbons (Fsp3) is 0.467. The van der Waals surface area contributed by atoms with Gasteiger partial charge in [-0.2, -0.15) is 4.68 Å². The fourth-order valence-corrected chi connectivity index (χ4v) is 2.72. The Labute approximate surface area is 134 Å². The molecule has 2 atom stereocenters. The summed E-state index contributed by atoms with van der Waals surface area (Å²) in [5.41, 5.74) is 6.73. The summed E-state index contributed by atoms with van der Waals surface area (Å²) in [6.45, 7) is 3.28. The van der Waals surface area contributed by atoms with Gasteiger partial charge < -0.3 is 16.0 Å². The summed E-state index contributed by atoms with van der Waals surface area (Å²) in [6.07, 6.45) is 1.50. The molecule has 8 nitrogen and oxygen atoms in total. The molecular weight excluding hydrogens is 294 g/mol. The molecule has 3 rings (SSSR count). The molecule has 0 radical (unpaired) electrons. The quantitative estimate of drug-likeness (QED) is 0.829. The molecule has 1 aromatic carbocycles. The van der Waals surface area contributed by atoms with E-state index in [2.05, 4.69) is 20.8 Å². The number of tetrazole rings is 1. The van der Waals surface area contributed by atoms with Crippen LogP contribution >= 0.6 is 0 Å². The number of likely N-dealkylation sites (tertiary alicyclic amines) is 1. The molecule has 1 unspecified atom stereocenters. The normalized spacial score (nSPS) is 18.9. The minimum Gasteiger partial charge on any atom is -0.341 e. The summed E-state index contributed by atoms with van der Waals surface area (Å²) in [5.74, 6) is 0.503. The molecule has 1 saturated heterocycles. The van der Waals surface area contributed by atoms with Gasteiger partial charge in [-0.25, -0.2) is 0 Å². The molecular formula is C15H21N7O. The molecule has 1 fully saturated rings. The Kier molecular flexibility index (Phi) is 4.52. The Morgan fingerprint density at radius 3 is 2.87 bits per heavy atom. The minimum absolute atomic E-state index is 0.0445. The van der Waals surface area contributed by atoms with Crippen LogP contribution in [0.5, 0.6) is 0 Å². The lowest BCUT2D eigenvalue weighted by Gasteiger charge is -2.23. The van der Waals surface area contributed by atoms with Gasteiger partial charge in [-0.3, -0.25) is 4.79 Å². The lowest BCUT2D eigenvalue weighted by molar-refractivity contribution is -0.131. The van der Waals surface area contributed by atoms with Crippen molar-refractivity contribution in [1.82, 2.24) is 25.1 Å². The van der Waals surface area contributed by atoms with Crippen LogP contribution in [-0.2, 0) is 4.79 Å². The lowest BCUT2D eigenvalue weighted by Crippen LogP contribution is -2.43. The van der Waals surface area contributed by atoms with Crippen LogP contribution in [0.15, 0.2) is 30.3 Å². The summed E-state index contributed by atoms with van der Waals surface area (Å²) >= 11 is 0. The predicted molar refractivity (Wildman–Crippen MR) is 86.0 cm³/mol. The molecule has 1 aromatic heterocycles. The lowest BCUT2D eigenvalue weighted by atomic mass is 10.2. The van der Waals surface area contributed by atoms with Crippen molar-refractivity contribution >= 4 is 11.9 Å². The van der Waals surface area contributed by atoms with Crippen LogP contribution in [0.1, 0.15) is 19.8 Å². The maximum atomic E-state index is 12.6. The highest BCUT2D eigenvalue weighted by atomic mass is 16.2. The summed E-state index contributed by atoms with van der Waals surface area (Å²) in [6, 6.07) is 9.27. The first-order valence-corrected chi connectivity index (χ1v) is 7.83. The van der Waals surface area contributed by atoms with Crippen molar-refractivity contribution < 1.29 is 4.79 Å². The number of para-hydroxylation sites is 1. The van der Waals surface area contributed by atoms with Crippen molar-refractivity contribution in [3.63, 3.8) is 0 Å². The number of nitrogens with zero attached hydrogens (tertiary/aromatic N) is 5. The third kappa shape index (κ3) is 3.31. The molecule has 0 bridgehead atoms. The van der Waals surface area contributed by atoms with Gasteiger partial charge in [-0.15, -0.1) is 0 Å². The first kappa shape index (κ1) is 15.4. The van der Waals surface area contributed by atoms with Crippen LogP contribution in [0, 0.1) is 0 Å². The standard InChI is InChI=1S/C15H21N7O/c1-2-13(14(23)21-9-8-11(16)10-21)17-15-18-19-20-22(15)12-6-4-3-5-7-12/h3-7,11,13H,2,8-10,16H2,1H3,(H,17,18,20)/t11-,13?/m1/s1.